The maximum absolute atomic E-state index is 12.6. The van der Waals surface area contributed by atoms with Crippen LogP contribution in [0.3, 0.4) is 0 Å². The van der Waals surface area contributed by atoms with E-state index in [9.17, 15) is 9.59 Å². The number of amides is 1. The first-order valence-electron chi connectivity index (χ1n) is 8.50. The number of nitrogens with zero attached hydrogens (tertiary/aromatic N) is 1. The smallest absolute Gasteiger partial charge is 0.326 e. The topological polar surface area (TPSA) is 65.1 Å². The van der Waals surface area contributed by atoms with Gasteiger partial charge in [-0.15, -0.1) is 0 Å². The van der Waals surface area contributed by atoms with E-state index in [2.05, 4.69) is 0 Å². The molecule has 0 atom stereocenters. The average Bonchev–Trinajstić information content (AvgIpc) is 2.82. The number of hydrogen-bond acceptors (Lipinski definition) is 7. The van der Waals surface area contributed by atoms with Crippen molar-refractivity contribution in [1.82, 2.24) is 4.90 Å². The molecular formula is C19H23NO5S2. The summed E-state index contributed by atoms with van der Waals surface area (Å²) in [6.45, 7) is 7.18. The molecule has 146 valence electrons. The van der Waals surface area contributed by atoms with Crippen LogP contribution in [0, 0.1) is 0 Å². The van der Waals surface area contributed by atoms with Gasteiger partial charge in [-0.3, -0.25) is 14.5 Å². The van der Waals surface area contributed by atoms with Crippen LogP contribution >= 0.6 is 24.0 Å². The Morgan fingerprint density at radius 3 is 2.52 bits per heavy atom. The number of esters is 1. The zero-order valence-corrected chi connectivity index (χ0v) is 17.6. The molecule has 0 aliphatic carbocycles. The zero-order valence-electron chi connectivity index (χ0n) is 16.0. The number of rotatable bonds is 7. The maximum atomic E-state index is 12.6. The van der Waals surface area contributed by atoms with E-state index in [-0.39, 0.29) is 24.7 Å². The average molecular weight is 410 g/mol. The van der Waals surface area contributed by atoms with E-state index in [4.69, 9.17) is 26.4 Å². The number of ether oxygens (including phenoxy) is 3. The van der Waals surface area contributed by atoms with Crippen LogP contribution in [0.4, 0.5) is 0 Å². The highest BCUT2D eigenvalue weighted by atomic mass is 32.2. The van der Waals surface area contributed by atoms with Crippen LogP contribution in [0.25, 0.3) is 6.08 Å². The van der Waals surface area contributed by atoms with Gasteiger partial charge in [-0.25, -0.2) is 0 Å². The lowest BCUT2D eigenvalue weighted by Crippen LogP contribution is -2.35. The Balaban J connectivity index is 2.18. The van der Waals surface area contributed by atoms with Crippen molar-refractivity contribution >= 4 is 46.3 Å². The third-order valence-electron chi connectivity index (χ3n) is 3.38. The second kappa shape index (κ2) is 9.23. The van der Waals surface area contributed by atoms with Crippen molar-refractivity contribution < 1.29 is 23.8 Å². The van der Waals surface area contributed by atoms with Gasteiger partial charge in [0.25, 0.3) is 5.91 Å². The zero-order chi connectivity index (χ0) is 20.1. The molecule has 0 N–H and O–H groups in total. The summed E-state index contributed by atoms with van der Waals surface area (Å²) < 4.78 is 16.5. The van der Waals surface area contributed by atoms with Crippen LogP contribution in [0.2, 0.25) is 0 Å². The van der Waals surface area contributed by atoms with Crippen molar-refractivity contribution in [3.8, 4) is 11.5 Å². The molecule has 1 aliphatic heterocycles. The molecule has 1 amide bonds. The molecule has 1 aliphatic rings. The largest absolute Gasteiger partial charge is 0.493 e. The highest BCUT2D eigenvalue weighted by Crippen LogP contribution is 2.35. The molecule has 0 radical (unpaired) electrons. The van der Waals surface area contributed by atoms with E-state index in [1.165, 1.54) is 4.90 Å². The lowest BCUT2D eigenvalue weighted by Gasteiger charge is -2.15. The van der Waals surface area contributed by atoms with E-state index >= 15 is 0 Å². The third-order valence-corrected chi connectivity index (χ3v) is 4.75. The van der Waals surface area contributed by atoms with Gasteiger partial charge in [-0.1, -0.05) is 30.0 Å². The summed E-state index contributed by atoms with van der Waals surface area (Å²) in [4.78, 5) is 26.1. The number of benzene rings is 1. The Labute approximate surface area is 168 Å². The Hall–Kier alpha value is -2.06. The van der Waals surface area contributed by atoms with Gasteiger partial charge in [-0.05, 0) is 51.5 Å². The monoisotopic (exact) mass is 409 g/mol. The predicted octanol–water partition coefficient (Wildman–Crippen LogP) is 3.64. The minimum absolute atomic E-state index is 0.0200. The van der Waals surface area contributed by atoms with E-state index in [1.54, 1.807) is 39.2 Å². The summed E-state index contributed by atoms with van der Waals surface area (Å²) in [5.41, 5.74) is 0.771. The Morgan fingerprint density at radius 2 is 1.93 bits per heavy atom. The summed E-state index contributed by atoms with van der Waals surface area (Å²) in [7, 11) is 1.56. The first kappa shape index (κ1) is 21.2. The summed E-state index contributed by atoms with van der Waals surface area (Å²) >= 11 is 6.39. The Bertz CT molecular complexity index is 773. The highest BCUT2D eigenvalue weighted by molar-refractivity contribution is 8.26. The summed E-state index contributed by atoms with van der Waals surface area (Å²) in [6, 6.07) is 5.42. The third kappa shape index (κ3) is 5.71. The normalized spacial score (nSPS) is 15.8. The molecule has 0 bridgehead atoms. The fourth-order valence-corrected chi connectivity index (χ4v) is 3.60. The molecule has 8 heteroatoms. The van der Waals surface area contributed by atoms with Gasteiger partial charge in [0.2, 0.25) is 0 Å². The van der Waals surface area contributed by atoms with Gasteiger partial charge in [0.05, 0.1) is 24.2 Å². The molecule has 0 saturated carbocycles. The molecular weight excluding hydrogens is 386 g/mol. The van der Waals surface area contributed by atoms with Gasteiger partial charge in [0, 0.05) is 0 Å². The van der Waals surface area contributed by atoms with Crippen LogP contribution in [-0.2, 0) is 14.3 Å². The minimum atomic E-state index is -0.487. The second-order valence-corrected chi connectivity index (χ2v) is 8.06. The molecule has 2 rings (SSSR count). The lowest BCUT2D eigenvalue weighted by atomic mass is 10.2. The van der Waals surface area contributed by atoms with Crippen LogP contribution < -0.4 is 9.47 Å². The second-order valence-electron chi connectivity index (χ2n) is 6.38. The van der Waals surface area contributed by atoms with Crippen molar-refractivity contribution in [2.45, 2.75) is 39.9 Å². The molecule has 1 heterocycles. The Kier molecular flexibility index (Phi) is 7.26. The van der Waals surface area contributed by atoms with E-state index in [0.717, 1.165) is 17.3 Å². The molecule has 1 saturated heterocycles. The standard InChI is InChI=1S/C19H23NO5S2/c1-11(2)24-14-7-6-13(8-15(14)23-5)9-16-18(22)20(19(26)27-16)10-17(21)25-12(3)4/h6-9,11-12H,10H2,1-5H3. The quantitative estimate of drug-likeness (QED) is 0.387. The summed E-state index contributed by atoms with van der Waals surface area (Å²) in [6.07, 6.45) is 1.49. The molecule has 1 fully saturated rings. The number of carbonyl (C=O) groups excluding carboxylic acids is 2. The molecule has 27 heavy (non-hydrogen) atoms. The molecule has 1 aromatic rings. The molecule has 0 aromatic heterocycles. The van der Waals surface area contributed by atoms with Crippen molar-refractivity contribution in [3.05, 3.63) is 28.7 Å². The van der Waals surface area contributed by atoms with Crippen LogP contribution in [0.5, 0.6) is 11.5 Å². The van der Waals surface area contributed by atoms with E-state index < -0.39 is 5.97 Å². The number of methoxy groups -OCH3 is 1. The first-order valence-corrected chi connectivity index (χ1v) is 9.73. The fraction of sp³-hybridized carbons (Fsp3) is 0.421. The SMILES string of the molecule is COc1cc(C=C2SC(=S)N(CC(=O)OC(C)C)C2=O)ccc1OC(C)C. The van der Waals surface area contributed by atoms with Gasteiger partial charge in [0.15, 0.2) is 11.5 Å². The number of hydrogen-bond donors (Lipinski definition) is 0. The van der Waals surface area contributed by atoms with Crippen molar-refractivity contribution in [2.24, 2.45) is 0 Å². The van der Waals surface area contributed by atoms with E-state index in [1.807, 2.05) is 19.9 Å². The van der Waals surface area contributed by atoms with E-state index in [0.29, 0.717) is 20.7 Å². The number of thiocarbonyl (C=S) groups is 1. The minimum Gasteiger partial charge on any atom is -0.493 e. The maximum Gasteiger partial charge on any atom is 0.326 e. The molecule has 0 unspecified atom stereocenters. The van der Waals surface area contributed by atoms with Crippen LogP contribution in [-0.4, -0.2) is 47.0 Å². The fourth-order valence-electron chi connectivity index (χ4n) is 2.34. The predicted molar refractivity (Wildman–Crippen MR) is 110 cm³/mol. The Morgan fingerprint density at radius 1 is 1.22 bits per heavy atom. The van der Waals surface area contributed by atoms with Crippen molar-refractivity contribution in [1.29, 1.82) is 0 Å². The van der Waals surface area contributed by atoms with Crippen molar-refractivity contribution in [3.63, 3.8) is 0 Å². The summed E-state index contributed by atoms with van der Waals surface area (Å²) in [5.74, 6) is 0.411. The summed E-state index contributed by atoms with van der Waals surface area (Å²) in [5, 5.41) is 0. The van der Waals surface area contributed by atoms with Crippen LogP contribution in [0.15, 0.2) is 23.1 Å². The van der Waals surface area contributed by atoms with Gasteiger partial charge >= 0.3 is 5.97 Å². The molecule has 6 nitrogen and oxygen atoms in total. The van der Waals surface area contributed by atoms with Crippen molar-refractivity contribution in [2.75, 3.05) is 13.7 Å². The number of carbonyl (C=O) groups is 2. The van der Waals surface area contributed by atoms with Gasteiger partial charge in [0.1, 0.15) is 10.9 Å². The van der Waals surface area contributed by atoms with Gasteiger partial charge < -0.3 is 14.2 Å². The molecule has 1 aromatic carbocycles. The highest BCUT2D eigenvalue weighted by Gasteiger charge is 2.34. The van der Waals surface area contributed by atoms with Gasteiger partial charge in [-0.2, -0.15) is 0 Å². The number of thioether (sulfide) groups is 1. The molecule has 0 spiro atoms. The lowest BCUT2D eigenvalue weighted by molar-refractivity contribution is -0.149. The van der Waals surface area contributed by atoms with Crippen LogP contribution in [0.1, 0.15) is 33.3 Å². The first-order chi connectivity index (χ1) is 12.7.